The highest BCUT2D eigenvalue weighted by molar-refractivity contribution is 5.89. The summed E-state index contributed by atoms with van der Waals surface area (Å²) in [7, 11) is 0. The van der Waals surface area contributed by atoms with Crippen LogP contribution in [0.15, 0.2) is 23.1 Å². The van der Waals surface area contributed by atoms with Gasteiger partial charge in [0, 0.05) is 12.1 Å². The zero-order valence-corrected chi connectivity index (χ0v) is 11.3. The van der Waals surface area contributed by atoms with Gasteiger partial charge in [-0.3, -0.25) is 20.0 Å². The highest BCUT2D eigenvalue weighted by Crippen LogP contribution is 2.15. The number of H-pyrrole nitrogens is 1. The van der Waals surface area contributed by atoms with Crippen LogP contribution in [0.3, 0.4) is 0 Å². The third-order valence-corrected chi connectivity index (χ3v) is 2.95. The van der Waals surface area contributed by atoms with Crippen molar-refractivity contribution in [1.82, 2.24) is 19.6 Å². The number of esters is 1. The molecule has 3 aromatic rings. The third-order valence-electron chi connectivity index (χ3n) is 2.95. The Hall–Kier alpha value is -3.30. The average Bonchev–Trinajstić information content (AvgIpc) is 2.91. The van der Waals surface area contributed by atoms with E-state index in [4.69, 9.17) is 4.74 Å². The van der Waals surface area contributed by atoms with Crippen molar-refractivity contribution in [2.24, 2.45) is 0 Å². The Morgan fingerprint density at radius 2 is 2.27 bits per heavy atom. The number of hydrogen-bond donors (Lipinski definition) is 1. The number of nitrogens with zero attached hydrogens (tertiary/aromatic N) is 4. The second kappa shape index (κ2) is 4.91. The van der Waals surface area contributed by atoms with E-state index in [1.54, 1.807) is 6.92 Å². The quantitative estimate of drug-likeness (QED) is 0.426. The molecule has 0 bridgehead atoms. The summed E-state index contributed by atoms with van der Waals surface area (Å²) in [6.07, 6.45) is 1.02. The van der Waals surface area contributed by atoms with Crippen LogP contribution in [-0.4, -0.2) is 37.1 Å². The van der Waals surface area contributed by atoms with Crippen LogP contribution in [0.2, 0.25) is 0 Å². The Bertz CT molecular complexity index is 973. The van der Waals surface area contributed by atoms with Crippen molar-refractivity contribution in [3.8, 4) is 0 Å². The van der Waals surface area contributed by atoms with Crippen molar-refractivity contribution in [3.05, 3.63) is 44.5 Å². The molecule has 0 atom stereocenters. The lowest BCUT2D eigenvalue weighted by Crippen LogP contribution is -2.16. The van der Waals surface area contributed by atoms with E-state index in [9.17, 15) is 19.7 Å². The van der Waals surface area contributed by atoms with Gasteiger partial charge in [-0.25, -0.2) is 19.3 Å². The summed E-state index contributed by atoms with van der Waals surface area (Å²) in [4.78, 5) is 42.0. The zero-order valence-electron chi connectivity index (χ0n) is 11.3. The van der Waals surface area contributed by atoms with E-state index in [1.165, 1.54) is 6.07 Å². The van der Waals surface area contributed by atoms with Gasteiger partial charge in [-0.1, -0.05) is 0 Å². The number of aromatic amines is 1. The monoisotopic (exact) mass is 303 g/mol. The highest BCUT2D eigenvalue weighted by atomic mass is 16.6. The predicted molar refractivity (Wildman–Crippen MR) is 73.7 cm³/mol. The first-order chi connectivity index (χ1) is 10.5. The van der Waals surface area contributed by atoms with Gasteiger partial charge in [0.15, 0.2) is 11.3 Å². The molecule has 0 aromatic carbocycles. The first-order valence-electron chi connectivity index (χ1n) is 6.24. The van der Waals surface area contributed by atoms with Crippen molar-refractivity contribution in [2.75, 3.05) is 6.61 Å². The Labute approximate surface area is 121 Å². The molecule has 0 unspecified atom stereocenters. The van der Waals surface area contributed by atoms with Crippen LogP contribution in [-0.2, 0) is 4.74 Å². The lowest BCUT2D eigenvalue weighted by molar-refractivity contribution is -0.385. The summed E-state index contributed by atoms with van der Waals surface area (Å²) >= 11 is 0. The Morgan fingerprint density at radius 3 is 2.95 bits per heavy atom. The lowest BCUT2D eigenvalue weighted by Gasteiger charge is -1.98. The van der Waals surface area contributed by atoms with Gasteiger partial charge in [0.05, 0.1) is 16.9 Å². The van der Waals surface area contributed by atoms with Crippen molar-refractivity contribution >= 4 is 28.3 Å². The van der Waals surface area contributed by atoms with Crippen molar-refractivity contribution in [3.63, 3.8) is 0 Å². The summed E-state index contributed by atoms with van der Waals surface area (Å²) in [5.74, 6) is -0.629. The van der Waals surface area contributed by atoms with Crippen LogP contribution in [0, 0.1) is 10.1 Å². The number of hydrogen-bond acceptors (Lipinski definition) is 7. The first kappa shape index (κ1) is 13.7. The normalized spacial score (nSPS) is 11.0. The Balaban J connectivity index is 2.26. The molecule has 3 rings (SSSR count). The fourth-order valence-electron chi connectivity index (χ4n) is 1.98. The molecular weight excluding hydrogens is 294 g/mol. The number of rotatable bonds is 3. The molecule has 0 saturated carbocycles. The predicted octanol–water partition coefficient (Wildman–Crippen LogP) is 0.656. The molecule has 112 valence electrons. The maximum atomic E-state index is 12.3. The highest BCUT2D eigenvalue weighted by Gasteiger charge is 2.16. The molecule has 22 heavy (non-hydrogen) atoms. The molecule has 0 fully saturated rings. The second-order valence-electron chi connectivity index (χ2n) is 4.32. The SMILES string of the molecule is CCOC(=O)c1cc2nc3ncc([N+](=O)[O-])cc3c(=O)n2[nH]1. The molecule has 0 saturated heterocycles. The maximum absolute atomic E-state index is 12.3. The molecule has 3 heterocycles. The first-order valence-corrected chi connectivity index (χ1v) is 6.24. The summed E-state index contributed by atoms with van der Waals surface area (Å²) in [5, 5.41) is 13.3. The summed E-state index contributed by atoms with van der Waals surface area (Å²) in [5.41, 5.74) is -0.626. The van der Waals surface area contributed by atoms with E-state index in [0.717, 1.165) is 16.8 Å². The van der Waals surface area contributed by atoms with Crippen LogP contribution < -0.4 is 5.56 Å². The number of carbonyl (C=O) groups excluding carboxylic acids is 1. The average molecular weight is 303 g/mol. The molecule has 0 spiro atoms. The summed E-state index contributed by atoms with van der Waals surface area (Å²) < 4.78 is 5.84. The fraction of sp³-hybridized carbons (Fsp3) is 0.167. The number of nitrogens with one attached hydrogen (secondary N) is 1. The van der Waals surface area contributed by atoms with E-state index >= 15 is 0 Å². The van der Waals surface area contributed by atoms with Crippen LogP contribution in [0.5, 0.6) is 0 Å². The fourth-order valence-corrected chi connectivity index (χ4v) is 1.98. The van der Waals surface area contributed by atoms with Crippen LogP contribution in [0.4, 0.5) is 5.69 Å². The molecule has 1 N–H and O–H groups in total. The van der Waals surface area contributed by atoms with Crippen LogP contribution in [0.25, 0.3) is 16.7 Å². The molecule has 0 aliphatic carbocycles. The number of fused-ring (bicyclic) bond motifs is 2. The minimum Gasteiger partial charge on any atom is -0.461 e. The summed E-state index contributed by atoms with van der Waals surface area (Å²) in [6, 6.07) is 2.44. The molecule has 10 nitrogen and oxygen atoms in total. The van der Waals surface area contributed by atoms with Crippen LogP contribution in [0.1, 0.15) is 17.4 Å². The minimum atomic E-state index is -0.653. The van der Waals surface area contributed by atoms with Gasteiger partial charge >= 0.3 is 5.97 Å². The van der Waals surface area contributed by atoms with Gasteiger partial charge in [-0.05, 0) is 6.92 Å². The molecule has 10 heteroatoms. The van der Waals surface area contributed by atoms with E-state index in [-0.39, 0.29) is 34.7 Å². The molecule has 0 amide bonds. The minimum absolute atomic E-state index is 0.0241. The van der Waals surface area contributed by atoms with E-state index in [2.05, 4.69) is 15.1 Å². The zero-order chi connectivity index (χ0) is 15.9. The number of ether oxygens (including phenoxy) is 1. The molecule has 3 aromatic heterocycles. The van der Waals surface area contributed by atoms with Gasteiger partial charge in [-0.15, -0.1) is 0 Å². The second-order valence-corrected chi connectivity index (χ2v) is 4.32. The number of pyridine rings is 1. The molecule has 0 radical (unpaired) electrons. The third kappa shape index (κ3) is 2.06. The Morgan fingerprint density at radius 1 is 1.50 bits per heavy atom. The maximum Gasteiger partial charge on any atom is 0.356 e. The van der Waals surface area contributed by atoms with E-state index in [0.29, 0.717) is 0 Å². The Kier molecular flexibility index (Phi) is 3.05. The number of nitro groups is 1. The standard InChI is InChI=1S/C12H9N5O5/c1-2-22-12(19)8-4-9-14-10-7(11(18)16(9)15-8)3-6(5-13-10)17(20)21/h3-5,15H,2H2,1H3. The lowest BCUT2D eigenvalue weighted by atomic mass is 10.3. The van der Waals surface area contributed by atoms with Gasteiger partial charge in [0.2, 0.25) is 0 Å². The van der Waals surface area contributed by atoms with Crippen LogP contribution >= 0.6 is 0 Å². The van der Waals surface area contributed by atoms with Crippen molar-refractivity contribution in [2.45, 2.75) is 6.92 Å². The van der Waals surface area contributed by atoms with Gasteiger partial charge in [0.25, 0.3) is 11.2 Å². The van der Waals surface area contributed by atoms with Gasteiger partial charge < -0.3 is 4.74 Å². The number of carbonyl (C=O) groups is 1. The summed E-state index contributed by atoms with van der Waals surface area (Å²) in [6.45, 7) is 1.84. The smallest absolute Gasteiger partial charge is 0.356 e. The van der Waals surface area contributed by atoms with E-state index in [1.807, 2.05) is 0 Å². The van der Waals surface area contributed by atoms with Crippen molar-refractivity contribution < 1.29 is 14.5 Å². The molecule has 0 aliphatic heterocycles. The van der Waals surface area contributed by atoms with Crippen molar-refractivity contribution in [1.29, 1.82) is 0 Å². The number of aromatic nitrogens is 4. The van der Waals surface area contributed by atoms with Gasteiger partial charge in [0.1, 0.15) is 11.9 Å². The molecule has 0 aliphatic rings. The topological polar surface area (TPSA) is 132 Å². The molecular formula is C12H9N5O5. The van der Waals surface area contributed by atoms with Gasteiger partial charge in [-0.2, -0.15) is 0 Å². The van der Waals surface area contributed by atoms with E-state index < -0.39 is 16.5 Å². The largest absolute Gasteiger partial charge is 0.461 e.